The van der Waals surface area contributed by atoms with Crippen molar-refractivity contribution in [2.75, 3.05) is 18.8 Å². The highest BCUT2D eigenvalue weighted by atomic mass is 32.2. The maximum Gasteiger partial charge on any atom is 0.269 e. The highest BCUT2D eigenvalue weighted by Crippen LogP contribution is 2.27. The third kappa shape index (κ3) is 4.64. The summed E-state index contributed by atoms with van der Waals surface area (Å²) in [4.78, 5) is 33.3. The zero-order valence-electron chi connectivity index (χ0n) is 15.5. The first-order valence-electron chi connectivity index (χ1n) is 8.75. The van der Waals surface area contributed by atoms with Crippen LogP contribution in [0.5, 0.6) is 0 Å². The van der Waals surface area contributed by atoms with E-state index in [4.69, 9.17) is 0 Å². The van der Waals surface area contributed by atoms with Gasteiger partial charge in [-0.3, -0.25) is 24.9 Å². The highest BCUT2D eigenvalue weighted by Gasteiger charge is 2.23. The van der Waals surface area contributed by atoms with Gasteiger partial charge in [0.1, 0.15) is 6.54 Å². The summed E-state index contributed by atoms with van der Waals surface area (Å²) in [7, 11) is 0. The molecule has 28 heavy (non-hydrogen) atoms. The van der Waals surface area contributed by atoms with Gasteiger partial charge in [-0.05, 0) is 36.6 Å². The molecule has 2 aromatic rings. The lowest BCUT2D eigenvalue weighted by molar-refractivity contribution is -0.384. The van der Waals surface area contributed by atoms with E-state index < -0.39 is 0 Å². The third-order valence-electron chi connectivity index (χ3n) is 4.47. The number of hydrogen-bond acceptors (Lipinski definition) is 6. The number of carbonyl (C=O) groups is 1. The molecule has 0 atom stereocenters. The van der Waals surface area contributed by atoms with E-state index in [1.807, 2.05) is 11.8 Å². The molecule has 0 N–H and O–H groups in total. The van der Waals surface area contributed by atoms with E-state index in [2.05, 4.69) is 16.6 Å². The van der Waals surface area contributed by atoms with Gasteiger partial charge in [-0.1, -0.05) is 24.4 Å². The summed E-state index contributed by atoms with van der Waals surface area (Å²) < 4.78 is 0. The van der Waals surface area contributed by atoms with Gasteiger partial charge in [0.05, 0.1) is 4.92 Å². The van der Waals surface area contributed by atoms with Gasteiger partial charge < -0.3 is 4.90 Å². The van der Waals surface area contributed by atoms with Crippen molar-refractivity contribution in [1.29, 1.82) is 0 Å². The van der Waals surface area contributed by atoms with E-state index in [1.54, 1.807) is 42.2 Å². The van der Waals surface area contributed by atoms with Crippen LogP contribution >= 0.6 is 11.8 Å². The Hall–Kier alpha value is -3.00. The third-order valence-corrected chi connectivity index (χ3v) is 5.56. The Bertz CT molecular complexity index is 944. The van der Waals surface area contributed by atoms with Crippen LogP contribution in [0.1, 0.15) is 21.5 Å². The Labute approximate surface area is 167 Å². The molecule has 1 aromatic carbocycles. The number of benzene rings is 1. The van der Waals surface area contributed by atoms with Crippen LogP contribution in [0.15, 0.2) is 60.0 Å². The van der Waals surface area contributed by atoms with Crippen molar-refractivity contribution in [3.05, 3.63) is 81.8 Å². The van der Waals surface area contributed by atoms with Crippen LogP contribution in [-0.4, -0.2) is 44.6 Å². The molecular weight excluding hydrogens is 376 g/mol. The Morgan fingerprint density at radius 2 is 2.25 bits per heavy atom. The van der Waals surface area contributed by atoms with Gasteiger partial charge in [0.25, 0.3) is 5.69 Å². The number of nitro groups is 1. The van der Waals surface area contributed by atoms with Gasteiger partial charge in [-0.15, -0.1) is 0 Å². The Kier molecular flexibility index (Phi) is 6.20. The maximum atomic E-state index is 12.3. The molecule has 144 valence electrons. The molecule has 1 aliphatic heterocycles. The average Bonchev–Trinajstić information content (AvgIpc) is 3.05. The quantitative estimate of drug-likeness (QED) is 0.403. The van der Waals surface area contributed by atoms with Crippen molar-refractivity contribution >= 4 is 28.4 Å². The van der Waals surface area contributed by atoms with Crippen molar-refractivity contribution in [3.8, 4) is 0 Å². The number of non-ortho nitro benzene ring substituents is 1. The number of hydrogen-bond donors (Lipinski definition) is 0. The van der Waals surface area contributed by atoms with Crippen LogP contribution in [0.2, 0.25) is 0 Å². The number of aliphatic imine (C=N–C) groups is 1. The Morgan fingerprint density at radius 1 is 1.43 bits per heavy atom. The van der Waals surface area contributed by atoms with Gasteiger partial charge in [0, 0.05) is 48.1 Å². The largest absolute Gasteiger partial charge is 0.324 e. The molecular formula is C20H20N4O3S. The van der Waals surface area contributed by atoms with Crippen LogP contribution in [-0.2, 0) is 6.42 Å². The molecule has 3 rings (SSSR count). The number of nitrogens with zero attached hydrogens (tertiary/aromatic N) is 4. The normalized spacial score (nSPS) is 15.2. The van der Waals surface area contributed by atoms with E-state index in [-0.39, 0.29) is 22.9 Å². The first-order valence-corrected chi connectivity index (χ1v) is 9.74. The molecule has 1 aromatic heterocycles. The predicted molar refractivity (Wildman–Crippen MR) is 111 cm³/mol. The minimum absolute atomic E-state index is 0.0492. The number of aryl methyl sites for hydroxylation is 1. The molecule has 2 heterocycles. The van der Waals surface area contributed by atoms with E-state index in [1.165, 1.54) is 12.3 Å². The lowest BCUT2D eigenvalue weighted by atomic mass is 10.0. The number of aromatic nitrogens is 1. The molecule has 0 unspecified atom stereocenters. The fourth-order valence-corrected chi connectivity index (χ4v) is 3.84. The van der Waals surface area contributed by atoms with Crippen molar-refractivity contribution in [2.24, 2.45) is 4.99 Å². The van der Waals surface area contributed by atoms with Gasteiger partial charge in [0.2, 0.25) is 0 Å². The van der Waals surface area contributed by atoms with Crippen LogP contribution in [0.4, 0.5) is 5.69 Å². The minimum Gasteiger partial charge on any atom is -0.324 e. The average molecular weight is 396 g/mol. The first-order chi connectivity index (χ1) is 13.5. The molecule has 7 nitrogen and oxygen atoms in total. The zero-order valence-corrected chi connectivity index (χ0v) is 16.3. The fraction of sp³-hybridized carbons (Fsp3) is 0.250. The summed E-state index contributed by atoms with van der Waals surface area (Å²) in [6.07, 6.45) is 3.78. The van der Waals surface area contributed by atoms with Crippen molar-refractivity contribution in [1.82, 2.24) is 9.88 Å². The van der Waals surface area contributed by atoms with Crippen molar-refractivity contribution in [2.45, 2.75) is 13.3 Å². The van der Waals surface area contributed by atoms with Crippen LogP contribution in [0, 0.1) is 17.0 Å². The molecule has 1 saturated heterocycles. The first kappa shape index (κ1) is 19.8. The smallest absolute Gasteiger partial charge is 0.269 e. The number of ketones is 1. The lowest BCUT2D eigenvalue weighted by Crippen LogP contribution is -2.26. The van der Waals surface area contributed by atoms with Crippen molar-refractivity contribution in [3.63, 3.8) is 0 Å². The van der Waals surface area contributed by atoms with Gasteiger partial charge in [0.15, 0.2) is 11.0 Å². The van der Waals surface area contributed by atoms with Crippen molar-refractivity contribution < 1.29 is 9.72 Å². The highest BCUT2D eigenvalue weighted by molar-refractivity contribution is 8.14. The lowest BCUT2D eigenvalue weighted by Gasteiger charge is -2.19. The van der Waals surface area contributed by atoms with Gasteiger partial charge >= 0.3 is 0 Å². The maximum absolute atomic E-state index is 12.3. The molecule has 0 bridgehead atoms. The summed E-state index contributed by atoms with van der Waals surface area (Å²) in [6, 6.07) is 8.34. The van der Waals surface area contributed by atoms with Crippen LogP contribution in [0.3, 0.4) is 0 Å². The summed E-state index contributed by atoms with van der Waals surface area (Å²) in [5.41, 5.74) is 3.47. The second-order valence-electron chi connectivity index (χ2n) is 6.39. The number of Topliss-reactive ketones (excluding diaryl/α,β-unsaturated/α-hetero) is 1. The summed E-state index contributed by atoms with van der Waals surface area (Å²) in [5.74, 6) is 0.626. The van der Waals surface area contributed by atoms with Gasteiger partial charge in [-0.25, -0.2) is 0 Å². The molecule has 1 aliphatic rings. The summed E-state index contributed by atoms with van der Waals surface area (Å²) >= 11 is 1.54. The number of thioether (sulfide) groups is 1. The molecule has 0 spiro atoms. The van der Waals surface area contributed by atoms with E-state index in [9.17, 15) is 14.9 Å². The summed E-state index contributed by atoms with van der Waals surface area (Å²) in [6.45, 7) is 6.67. The molecule has 0 saturated carbocycles. The van der Waals surface area contributed by atoms with Crippen LogP contribution < -0.4 is 0 Å². The molecule has 8 heteroatoms. The van der Waals surface area contributed by atoms with E-state index >= 15 is 0 Å². The van der Waals surface area contributed by atoms with E-state index in [0.29, 0.717) is 24.3 Å². The fourth-order valence-electron chi connectivity index (χ4n) is 2.86. The topological polar surface area (TPSA) is 88.7 Å². The summed E-state index contributed by atoms with van der Waals surface area (Å²) in [5, 5.41) is 11.8. The standard InChI is InChI=1S/C20H20N4O3S/c1-14-5-6-18(24(26)27)10-16(14)7-9-23-15(2)13-28-20(23)22-12-19(25)17-4-3-8-21-11-17/h3-6,8,10-11H,2,7,9,12-13H2,1H3. The number of pyridine rings is 1. The van der Waals surface area contributed by atoms with Gasteiger partial charge in [-0.2, -0.15) is 0 Å². The van der Waals surface area contributed by atoms with Crippen LogP contribution in [0.25, 0.3) is 0 Å². The Balaban J connectivity index is 1.68. The number of nitro benzene ring substituents is 1. The number of carbonyl (C=O) groups excluding carboxylic acids is 1. The van der Waals surface area contributed by atoms with E-state index in [0.717, 1.165) is 22.0 Å². The molecule has 0 radical (unpaired) electrons. The monoisotopic (exact) mass is 396 g/mol. The zero-order chi connectivity index (χ0) is 20.1. The second kappa shape index (κ2) is 8.79. The Morgan fingerprint density at radius 3 is 2.96 bits per heavy atom. The second-order valence-corrected chi connectivity index (χ2v) is 7.33. The minimum atomic E-state index is -0.384. The predicted octanol–water partition coefficient (Wildman–Crippen LogP) is 3.64. The SMILES string of the molecule is C=C1CSC(=NCC(=O)c2cccnc2)N1CCc1cc([N+](=O)[O-])ccc1C. The number of rotatable bonds is 7. The number of amidine groups is 1. The molecule has 1 fully saturated rings. The molecule has 0 amide bonds. The molecule has 0 aliphatic carbocycles.